The van der Waals surface area contributed by atoms with Gasteiger partial charge in [-0.15, -0.1) is 0 Å². The zero-order valence-corrected chi connectivity index (χ0v) is 22.1. The van der Waals surface area contributed by atoms with Crippen LogP contribution in [0.15, 0.2) is 29.5 Å². The Morgan fingerprint density at radius 3 is 2.60 bits per heavy atom. The number of hydrogen-bond acceptors (Lipinski definition) is 5. The Labute approximate surface area is 214 Å². The van der Waals surface area contributed by atoms with Gasteiger partial charge in [0, 0.05) is 41.5 Å². The monoisotopic (exact) mass is 501 g/mol. The molecule has 1 saturated heterocycles. The Kier molecular flexibility index (Phi) is 8.77. The SMILES string of the molecule is Cc1c(Cl)cccc1O[C@H]1CC[C@@H](CCNC2=C(C(=N)C(=O)N3C[C@@H](C)O[C@@H](C)C3)CCC2)CC1. The van der Waals surface area contributed by atoms with Crippen molar-refractivity contribution in [3.8, 4) is 5.75 Å². The van der Waals surface area contributed by atoms with E-state index in [4.69, 9.17) is 26.5 Å². The van der Waals surface area contributed by atoms with Crippen LogP contribution in [0.25, 0.3) is 0 Å². The van der Waals surface area contributed by atoms with Gasteiger partial charge in [-0.05, 0) is 90.2 Å². The quantitative estimate of drug-likeness (QED) is 0.451. The highest BCUT2D eigenvalue weighted by Gasteiger charge is 2.31. The maximum Gasteiger partial charge on any atom is 0.272 e. The van der Waals surface area contributed by atoms with E-state index < -0.39 is 0 Å². The summed E-state index contributed by atoms with van der Waals surface area (Å²) >= 11 is 6.23. The third-order valence-corrected chi connectivity index (χ3v) is 8.05. The molecule has 1 amide bonds. The van der Waals surface area contributed by atoms with Gasteiger partial charge in [-0.25, -0.2) is 0 Å². The summed E-state index contributed by atoms with van der Waals surface area (Å²) in [6.07, 6.45) is 8.63. The molecule has 2 aliphatic carbocycles. The summed E-state index contributed by atoms with van der Waals surface area (Å²) in [4.78, 5) is 14.8. The summed E-state index contributed by atoms with van der Waals surface area (Å²) in [6.45, 7) is 8.00. The topological polar surface area (TPSA) is 74.7 Å². The normalized spacial score (nSPS) is 27.1. The molecule has 0 bridgehead atoms. The maximum absolute atomic E-state index is 13.0. The molecule has 1 aliphatic heterocycles. The van der Waals surface area contributed by atoms with Crippen molar-refractivity contribution in [1.82, 2.24) is 10.2 Å². The molecule has 6 nitrogen and oxygen atoms in total. The fourth-order valence-corrected chi connectivity index (χ4v) is 5.87. The largest absolute Gasteiger partial charge is 0.490 e. The molecule has 0 spiro atoms. The number of nitrogens with one attached hydrogen (secondary N) is 2. The second-order valence-electron chi connectivity index (χ2n) is 10.5. The second kappa shape index (κ2) is 11.8. The molecule has 35 heavy (non-hydrogen) atoms. The van der Waals surface area contributed by atoms with Crippen LogP contribution < -0.4 is 10.1 Å². The number of hydrogen-bond donors (Lipinski definition) is 2. The average molecular weight is 502 g/mol. The van der Waals surface area contributed by atoms with Crippen molar-refractivity contribution in [2.75, 3.05) is 19.6 Å². The Hall–Kier alpha value is -2.05. The number of morpholine rings is 1. The minimum Gasteiger partial charge on any atom is -0.490 e. The number of amides is 1. The molecule has 0 aromatic heterocycles. The van der Waals surface area contributed by atoms with Crippen molar-refractivity contribution in [2.45, 2.75) is 90.4 Å². The smallest absolute Gasteiger partial charge is 0.272 e. The van der Waals surface area contributed by atoms with Crippen LogP contribution >= 0.6 is 11.6 Å². The summed E-state index contributed by atoms with van der Waals surface area (Å²) in [5.41, 5.74) is 3.20. The average Bonchev–Trinajstić information content (AvgIpc) is 3.30. The van der Waals surface area contributed by atoms with E-state index in [0.29, 0.717) is 19.0 Å². The Morgan fingerprint density at radius 2 is 1.89 bits per heavy atom. The van der Waals surface area contributed by atoms with Crippen LogP contribution in [-0.2, 0) is 9.53 Å². The van der Waals surface area contributed by atoms with E-state index in [1.165, 1.54) is 12.8 Å². The first-order valence-electron chi connectivity index (χ1n) is 13.2. The van der Waals surface area contributed by atoms with Crippen molar-refractivity contribution in [3.63, 3.8) is 0 Å². The molecule has 4 rings (SSSR count). The molecule has 3 aliphatic rings. The first-order valence-corrected chi connectivity index (χ1v) is 13.6. The molecule has 2 N–H and O–H groups in total. The van der Waals surface area contributed by atoms with E-state index in [-0.39, 0.29) is 29.9 Å². The van der Waals surface area contributed by atoms with Gasteiger partial charge < -0.3 is 19.7 Å². The Bertz CT molecular complexity index is 945. The lowest BCUT2D eigenvalue weighted by Crippen LogP contribution is -2.50. The highest BCUT2D eigenvalue weighted by molar-refractivity contribution is 6.44. The predicted octanol–water partition coefficient (Wildman–Crippen LogP) is 5.66. The first kappa shape index (κ1) is 26.0. The molecule has 1 aromatic carbocycles. The number of halogens is 1. The summed E-state index contributed by atoms with van der Waals surface area (Å²) in [6, 6.07) is 5.86. The Balaban J connectivity index is 1.23. The van der Waals surface area contributed by atoms with Crippen LogP contribution in [-0.4, -0.2) is 54.5 Å². The van der Waals surface area contributed by atoms with Gasteiger partial charge in [-0.3, -0.25) is 10.2 Å². The Morgan fingerprint density at radius 1 is 1.17 bits per heavy atom. The number of carbonyl (C=O) groups is 1. The molecule has 1 saturated carbocycles. The van der Waals surface area contributed by atoms with E-state index >= 15 is 0 Å². The van der Waals surface area contributed by atoms with Crippen molar-refractivity contribution in [3.05, 3.63) is 40.1 Å². The van der Waals surface area contributed by atoms with Gasteiger partial charge in [-0.1, -0.05) is 17.7 Å². The van der Waals surface area contributed by atoms with Crippen molar-refractivity contribution < 1.29 is 14.3 Å². The molecule has 0 unspecified atom stereocenters. The summed E-state index contributed by atoms with van der Waals surface area (Å²) < 4.78 is 12.0. The van der Waals surface area contributed by atoms with Gasteiger partial charge in [0.15, 0.2) is 0 Å². The number of ether oxygens (including phenoxy) is 2. The van der Waals surface area contributed by atoms with Gasteiger partial charge in [0.25, 0.3) is 5.91 Å². The fourth-order valence-electron chi connectivity index (χ4n) is 5.71. The molecular weight excluding hydrogens is 462 g/mol. The fraction of sp³-hybridized carbons (Fsp3) is 0.643. The number of carbonyl (C=O) groups excluding carboxylic acids is 1. The highest BCUT2D eigenvalue weighted by Crippen LogP contribution is 2.33. The van der Waals surface area contributed by atoms with Crippen molar-refractivity contribution >= 4 is 23.2 Å². The van der Waals surface area contributed by atoms with Gasteiger partial charge in [-0.2, -0.15) is 0 Å². The van der Waals surface area contributed by atoms with Gasteiger partial charge in [0.1, 0.15) is 11.5 Å². The lowest BCUT2D eigenvalue weighted by atomic mass is 9.85. The summed E-state index contributed by atoms with van der Waals surface area (Å²) in [5, 5.41) is 13.0. The van der Waals surface area contributed by atoms with E-state index in [0.717, 1.165) is 72.7 Å². The minimum absolute atomic E-state index is 0.0145. The van der Waals surface area contributed by atoms with E-state index in [1.807, 2.05) is 39.0 Å². The first-order chi connectivity index (χ1) is 16.8. The summed E-state index contributed by atoms with van der Waals surface area (Å²) in [7, 11) is 0. The molecular formula is C28H40ClN3O3. The zero-order valence-electron chi connectivity index (χ0n) is 21.4. The number of benzene rings is 1. The van der Waals surface area contributed by atoms with Crippen LogP contribution in [0.1, 0.15) is 70.8 Å². The third-order valence-electron chi connectivity index (χ3n) is 7.64. The standard InChI is InChI=1S/C28H40ClN3O3/c1-18-16-32(17-19(2)34-18)28(33)27(30)23-6-4-8-25(23)31-15-14-21-10-12-22(13-11-21)35-26-9-5-7-24(29)20(26)3/h5,7,9,18-19,21-22,30-31H,4,6,8,10-17H2,1-3H3/t18-,19+,21-,22+. The van der Waals surface area contributed by atoms with E-state index in [1.54, 1.807) is 4.90 Å². The van der Waals surface area contributed by atoms with Crippen LogP contribution in [0.3, 0.4) is 0 Å². The molecule has 192 valence electrons. The molecule has 2 atom stereocenters. The van der Waals surface area contributed by atoms with E-state index in [9.17, 15) is 4.79 Å². The molecule has 1 heterocycles. The molecule has 2 fully saturated rings. The zero-order chi connectivity index (χ0) is 24.9. The van der Waals surface area contributed by atoms with Crippen LogP contribution in [0.4, 0.5) is 0 Å². The van der Waals surface area contributed by atoms with Crippen molar-refractivity contribution in [2.24, 2.45) is 5.92 Å². The van der Waals surface area contributed by atoms with Gasteiger partial charge >= 0.3 is 0 Å². The number of rotatable bonds is 8. The van der Waals surface area contributed by atoms with Crippen LogP contribution in [0, 0.1) is 18.3 Å². The highest BCUT2D eigenvalue weighted by atomic mass is 35.5. The molecule has 1 aromatic rings. The van der Waals surface area contributed by atoms with Crippen LogP contribution in [0.5, 0.6) is 5.75 Å². The second-order valence-corrected chi connectivity index (χ2v) is 10.9. The molecule has 0 radical (unpaired) electrons. The van der Waals surface area contributed by atoms with Gasteiger partial charge in [0.05, 0.1) is 18.3 Å². The van der Waals surface area contributed by atoms with Crippen molar-refractivity contribution in [1.29, 1.82) is 5.41 Å². The maximum atomic E-state index is 13.0. The van der Waals surface area contributed by atoms with Gasteiger partial charge in [0.2, 0.25) is 0 Å². The lowest BCUT2D eigenvalue weighted by Gasteiger charge is -2.35. The number of nitrogens with zero attached hydrogens (tertiary/aromatic N) is 1. The molecule has 7 heteroatoms. The minimum atomic E-state index is -0.156. The third kappa shape index (κ3) is 6.59. The lowest BCUT2D eigenvalue weighted by molar-refractivity contribution is -0.136. The summed E-state index contributed by atoms with van der Waals surface area (Å²) in [5.74, 6) is 1.43. The number of allylic oxidation sites excluding steroid dienone is 1. The van der Waals surface area contributed by atoms with E-state index in [2.05, 4.69) is 5.32 Å². The van der Waals surface area contributed by atoms with Crippen LogP contribution in [0.2, 0.25) is 5.02 Å². The predicted molar refractivity (Wildman–Crippen MR) is 140 cm³/mol.